The molecule has 1 aliphatic rings. The van der Waals surface area contributed by atoms with Crippen molar-refractivity contribution in [3.63, 3.8) is 0 Å². The number of hydrogen-bond donors (Lipinski definition) is 0. The van der Waals surface area contributed by atoms with Crippen LogP contribution in [0.2, 0.25) is 5.02 Å². The van der Waals surface area contributed by atoms with Crippen molar-refractivity contribution < 1.29 is 17.9 Å². The van der Waals surface area contributed by atoms with Crippen LogP contribution in [-0.4, -0.2) is 41.2 Å². The van der Waals surface area contributed by atoms with Crippen LogP contribution < -0.4 is 0 Å². The summed E-state index contributed by atoms with van der Waals surface area (Å²) in [5.41, 5.74) is 2.26. The van der Waals surface area contributed by atoms with Gasteiger partial charge in [0.1, 0.15) is 12.3 Å². The van der Waals surface area contributed by atoms with Crippen molar-refractivity contribution in [2.24, 2.45) is 0 Å². The number of nitrogens with zero attached hydrogens (tertiary/aromatic N) is 3. The number of benzene rings is 1. The molecule has 1 aliphatic heterocycles. The molecule has 0 amide bonds. The van der Waals surface area contributed by atoms with Gasteiger partial charge in [0, 0.05) is 31.9 Å². The molecule has 0 atom stereocenters. The maximum absolute atomic E-state index is 12.9. The van der Waals surface area contributed by atoms with Crippen molar-refractivity contribution in [3.8, 4) is 0 Å². The number of aryl methyl sites for hydroxylation is 1. The molecular weight excluding hydrogens is 450 g/mol. The van der Waals surface area contributed by atoms with Gasteiger partial charge in [-0.15, -0.1) is 0 Å². The smallest absolute Gasteiger partial charge is 0.306 e. The Morgan fingerprint density at radius 1 is 1.00 bits per heavy atom. The molecule has 0 unspecified atom stereocenters. The third-order valence-electron chi connectivity index (χ3n) is 5.59. The van der Waals surface area contributed by atoms with Crippen molar-refractivity contribution in [1.29, 1.82) is 0 Å². The Morgan fingerprint density at radius 2 is 1.72 bits per heavy atom. The molecule has 7 nitrogen and oxygen atoms in total. The normalized spacial score (nSPS) is 15.5. The fraction of sp³-hybridized carbons (Fsp3) is 0.391. The number of carbonyl (C=O) groups is 1. The first-order valence-corrected chi connectivity index (χ1v) is 12.6. The first kappa shape index (κ1) is 22.8. The lowest BCUT2D eigenvalue weighted by molar-refractivity contribution is -0.145. The predicted molar refractivity (Wildman–Crippen MR) is 122 cm³/mol. The minimum absolute atomic E-state index is 0.0884. The van der Waals surface area contributed by atoms with Crippen LogP contribution >= 0.6 is 11.6 Å². The second-order valence-electron chi connectivity index (χ2n) is 7.97. The summed E-state index contributed by atoms with van der Waals surface area (Å²) in [5.74, 6) is -0.332. The van der Waals surface area contributed by atoms with Crippen LogP contribution in [0.15, 0.2) is 53.7 Å². The van der Waals surface area contributed by atoms with Gasteiger partial charge in [-0.3, -0.25) is 4.79 Å². The van der Waals surface area contributed by atoms with Gasteiger partial charge < -0.3 is 9.14 Å². The molecule has 3 aromatic rings. The molecule has 0 aliphatic carbocycles. The summed E-state index contributed by atoms with van der Waals surface area (Å²) in [7, 11) is -3.46. The molecular formula is C23H26ClN3O4S. The maximum Gasteiger partial charge on any atom is 0.306 e. The molecule has 1 fully saturated rings. The van der Waals surface area contributed by atoms with Gasteiger partial charge in [0.15, 0.2) is 0 Å². The molecule has 2 aromatic heterocycles. The SMILES string of the molecule is O=C(CCc1ccc(S(=O)(=O)N2CCCCCC2)cc1)OCc1cn2cc(Cl)ccc2n1. The van der Waals surface area contributed by atoms with Crippen LogP contribution in [0.3, 0.4) is 0 Å². The molecule has 1 aromatic carbocycles. The lowest BCUT2D eigenvalue weighted by Crippen LogP contribution is -2.31. The van der Waals surface area contributed by atoms with Crippen molar-refractivity contribution in [2.45, 2.75) is 50.0 Å². The molecule has 0 N–H and O–H groups in total. The Labute approximate surface area is 193 Å². The van der Waals surface area contributed by atoms with Gasteiger partial charge in [-0.05, 0) is 49.1 Å². The van der Waals surface area contributed by atoms with Gasteiger partial charge in [-0.2, -0.15) is 4.31 Å². The highest BCUT2D eigenvalue weighted by Gasteiger charge is 2.24. The van der Waals surface area contributed by atoms with E-state index in [0.29, 0.717) is 35.1 Å². The zero-order valence-electron chi connectivity index (χ0n) is 17.7. The maximum atomic E-state index is 12.9. The molecule has 3 heterocycles. The lowest BCUT2D eigenvalue weighted by atomic mass is 10.1. The van der Waals surface area contributed by atoms with Crippen LogP contribution in [-0.2, 0) is 32.6 Å². The molecule has 4 rings (SSSR count). The molecule has 0 radical (unpaired) electrons. The van der Waals surface area contributed by atoms with Gasteiger partial charge in [0.2, 0.25) is 10.0 Å². The molecule has 170 valence electrons. The number of fused-ring (bicyclic) bond motifs is 1. The standard InChI is InChI=1S/C23H26ClN3O4S/c24-19-8-11-22-25-20(16-26(22)15-19)17-31-23(28)12-7-18-5-9-21(10-6-18)32(29,30)27-13-3-1-2-4-14-27/h5-6,8-11,15-16H,1-4,7,12-14,17H2. The van der Waals surface area contributed by atoms with Gasteiger partial charge in [0.05, 0.1) is 15.6 Å². The summed E-state index contributed by atoms with van der Waals surface area (Å²) < 4.78 is 34.4. The number of hydrogen-bond acceptors (Lipinski definition) is 5. The van der Waals surface area contributed by atoms with Crippen molar-refractivity contribution in [1.82, 2.24) is 13.7 Å². The second kappa shape index (κ2) is 10.0. The number of aromatic nitrogens is 2. The predicted octanol–water partition coefficient (Wildman–Crippen LogP) is 4.23. The number of ether oxygens (including phenoxy) is 1. The Bertz CT molecular complexity index is 1180. The zero-order valence-corrected chi connectivity index (χ0v) is 19.3. The summed E-state index contributed by atoms with van der Waals surface area (Å²) in [6.07, 6.45) is 8.16. The number of carbonyl (C=O) groups excluding carboxylic acids is 1. The van der Waals surface area contributed by atoms with Crippen LogP contribution in [0, 0.1) is 0 Å². The van der Waals surface area contributed by atoms with Crippen molar-refractivity contribution in [2.75, 3.05) is 13.1 Å². The third kappa shape index (κ3) is 5.49. The highest BCUT2D eigenvalue weighted by Crippen LogP contribution is 2.21. The van der Waals surface area contributed by atoms with Gasteiger partial charge >= 0.3 is 5.97 Å². The molecule has 1 saturated heterocycles. The van der Waals surface area contributed by atoms with Crippen molar-refractivity contribution in [3.05, 3.63) is 65.1 Å². The zero-order chi connectivity index (χ0) is 22.6. The lowest BCUT2D eigenvalue weighted by Gasteiger charge is -2.20. The largest absolute Gasteiger partial charge is 0.459 e. The highest BCUT2D eigenvalue weighted by atomic mass is 35.5. The Morgan fingerprint density at radius 3 is 2.44 bits per heavy atom. The first-order chi connectivity index (χ1) is 15.4. The van der Waals surface area contributed by atoms with E-state index in [0.717, 1.165) is 36.9 Å². The summed E-state index contributed by atoms with van der Waals surface area (Å²) in [6.45, 7) is 1.25. The van der Waals surface area contributed by atoms with Gasteiger partial charge in [-0.25, -0.2) is 13.4 Å². The minimum atomic E-state index is -3.46. The Kier molecular flexibility index (Phi) is 7.13. The fourth-order valence-corrected chi connectivity index (χ4v) is 5.50. The third-order valence-corrected chi connectivity index (χ3v) is 7.73. The number of pyridine rings is 1. The number of sulfonamides is 1. The number of imidazole rings is 1. The van der Waals surface area contributed by atoms with E-state index in [-0.39, 0.29) is 19.0 Å². The molecule has 9 heteroatoms. The van der Waals surface area contributed by atoms with Crippen LogP contribution in [0.1, 0.15) is 43.4 Å². The number of esters is 1. The summed E-state index contributed by atoms with van der Waals surface area (Å²) >= 11 is 5.97. The van der Waals surface area contributed by atoms with E-state index in [1.807, 2.05) is 0 Å². The van der Waals surface area contributed by atoms with Crippen LogP contribution in [0.5, 0.6) is 0 Å². The van der Waals surface area contributed by atoms with E-state index >= 15 is 0 Å². The summed E-state index contributed by atoms with van der Waals surface area (Å²) in [5, 5.41) is 0.601. The average molecular weight is 476 g/mol. The highest BCUT2D eigenvalue weighted by molar-refractivity contribution is 7.89. The van der Waals surface area contributed by atoms with Gasteiger partial charge in [-0.1, -0.05) is 36.6 Å². The molecule has 0 bridgehead atoms. The molecule has 0 spiro atoms. The van der Waals surface area contributed by atoms with E-state index in [4.69, 9.17) is 16.3 Å². The van der Waals surface area contributed by atoms with E-state index in [2.05, 4.69) is 4.98 Å². The minimum Gasteiger partial charge on any atom is -0.459 e. The monoisotopic (exact) mass is 475 g/mol. The van der Waals surface area contributed by atoms with E-state index in [9.17, 15) is 13.2 Å². The molecule has 0 saturated carbocycles. The summed E-state index contributed by atoms with van der Waals surface area (Å²) in [4.78, 5) is 16.8. The van der Waals surface area contributed by atoms with E-state index in [1.165, 1.54) is 0 Å². The van der Waals surface area contributed by atoms with Crippen LogP contribution in [0.25, 0.3) is 5.65 Å². The quantitative estimate of drug-likeness (QED) is 0.478. The van der Waals surface area contributed by atoms with Gasteiger partial charge in [0.25, 0.3) is 0 Å². The average Bonchev–Trinajstić information content (AvgIpc) is 2.98. The Hall–Kier alpha value is -2.42. The number of rotatable bonds is 7. The van der Waals surface area contributed by atoms with E-state index < -0.39 is 10.0 Å². The van der Waals surface area contributed by atoms with Crippen molar-refractivity contribution >= 4 is 33.2 Å². The van der Waals surface area contributed by atoms with Crippen LogP contribution in [0.4, 0.5) is 0 Å². The molecule has 32 heavy (non-hydrogen) atoms. The summed E-state index contributed by atoms with van der Waals surface area (Å²) in [6, 6.07) is 10.3. The topological polar surface area (TPSA) is 81.0 Å². The fourth-order valence-electron chi connectivity index (χ4n) is 3.82. The first-order valence-electron chi connectivity index (χ1n) is 10.8. The van der Waals surface area contributed by atoms with E-state index in [1.54, 1.807) is 57.5 Å². The number of halogens is 1. The second-order valence-corrected chi connectivity index (χ2v) is 10.3. The Balaban J connectivity index is 1.29.